The SMILES string of the molecule is COc1ccc(CSCC(=O)NCCCOc2cccc3cccnc23)cc1[N+](=O)[O-]. The number of ether oxygens (including phenoxy) is 2. The van der Waals surface area contributed by atoms with Crippen LogP contribution in [-0.4, -0.2) is 41.8 Å². The number of rotatable bonds is 11. The molecule has 9 heteroatoms. The van der Waals surface area contributed by atoms with E-state index >= 15 is 0 Å². The van der Waals surface area contributed by atoms with Crippen molar-refractivity contribution in [1.29, 1.82) is 0 Å². The molecule has 0 saturated carbocycles. The number of nitrogens with one attached hydrogen (secondary N) is 1. The van der Waals surface area contributed by atoms with Gasteiger partial charge in [-0.3, -0.25) is 19.9 Å². The minimum atomic E-state index is -0.476. The van der Waals surface area contributed by atoms with E-state index in [4.69, 9.17) is 9.47 Å². The van der Waals surface area contributed by atoms with Crippen LogP contribution in [0.5, 0.6) is 11.5 Å². The fourth-order valence-corrected chi connectivity index (χ4v) is 3.76. The second kappa shape index (κ2) is 11.2. The molecule has 3 aromatic rings. The molecular formula is C22H23N3O5S. The second-order valence-electron chi connectivity index (χ2n) is 6.64. The molecule has 162 valence electrons. The Morgan fingerprint density at radius 1 is 1.19 bits per heavy atom. The van der Waals surface area contributed by atoms with Crippen LogP contribution in [0.4, 0.5) is 5.69 Å². The summed E-state index contributed by atoms with van der Waals surface area (Å²) < 4.78 is 10.8. The van der Waals surface area contributed by atoms with E-state index in [0.29, 0.717) is 25.3 Å². The number of pyridine rings is 1. The Labute approximate surface area is 184 Å². The van der Waals surface area contributed by atoms with Gasteiger partial charge in [0.25, 0.3) is 0 Å². The van der Waals surface area contributed by atoms with E-state index in [1.165, 1.54) is 24.9 Å². The number of nitro benzene ring substituents is 1. The van der Waals surface area contributed by atoms with Crippen molar-refractivity contribution in [3.63, 3.8) is 0 Å². The summed E-state index contributed by atoms with van der Waals surface area (Å²) in [7, 11) is 1.39. The largest absolute Gasteiger partial charge is 0.491 e. The standard InChI is InChI=1S/C22H23N3O5S/c1-29-19-9-8-16(13-18(19)25(27)28)14-31-15-21(26)23-11-4-12-30-20-7-2-5-17-6-3-10-24-22(17)20/h2-3,5-10,13H,4,11-12,14-15H2,1H3,(H,23,26). The fourth-order valence-electron chi connectivity index (χ4n) is 2.96. The summed E-state index contributed by atoms with van der Waals surface area (Å²) in [4.78, 5) is 27.0. The number of nitro groups is 1. The molecule has 0 bridgehead atoms. The molecule has 0 unspecified atom stereocenters. The van der Waals surface area contributed by atoms with Crippen LogP contribution in [0.2, 0.25) is 0 Å². The first kappa shape index (κ1) is 22.4. The number of methoxy groups -OCH3 is 1. The molecule has 0 atom stereocenters. The summed E-state index contributed by atoms with van der Waals surface area (Å²) in [5, 5.41) is 15.0. The monoisotopic (exact) mass is 441 g/mol. The number of thioether (sulfide) groups is 1. The Morgan fingerprint density at radius 3 is 2.84 bits per heavy atom. The van der Waals surface area contributed by atoms with Gasteiger partial charge >= 0.3 is 5.69 Å². The van der Waals surface area contributed by atoms with E-state index < -0.39 is 4.92 Å². The van der Waals surface area contributed by atoms with Gasteiger partial charge < -0.3 is 14.8 Å². The van der Waals surface area contributed by atoms with Crippen LogP contribution in [-0.2, 0) is 10.5 Å². The minimum absolute atomic E-state index is 0.0774. The molecular weight excluding hydrogens is 418 g/mol. The lowest BCUT2D eigenvalue weighted by atomic mass is 10.2. The van der Waals surface area contributed by atoms with E-state index in [9.17, 15) is 14.9 Å². The van der Waals surface area contributed by atoms with Crippen molar-refractivity contribution in [3.05, 3.63) is 70.4 Å². The zero-order chi connectivity index (χ0) is 22.1. The molecule has 0 radical (unpaired) electrons. The van der Waals surface area contributed by atoms with Crippen LogP contribution < -0.4 is 14.8 Å². The van der Waals surface area contributed by atoms with Gasteiger partial charge in [0.2, 0.25) is 5.91 Å². The average molecular weight is 442 g/mol. The van der Waals surface area contributed by atoms with Crippen LogP contribution in [0, 0.1) is 10.1 Å². The summed E-state index contributed by atoms with van der Waals surface area (Å²) in [6, 6.07) is 14.5. The van der Waals surface area contributed by atoms with Crippen molar-refractivity contribution in [2.45, 2.75) is 12.2 Å². The van der Waals surface area contributed by atoms with E-state index in [-0.39, 0.29) is 23.1 Å². The van der Waals surface area contributed by atoms with Crippen LogP contribution >= 0.6 is 11.8 Å². The predicted octanol–water partition coefficient (Wildman–Crippen LogP) is 3.97. The minimum Gasteiger partial charge on any atom is -0.491 e. The van der Waals surface area contributed by atoms with Crippen molar-refractivity contribution in [2.75, 3.05) is 26.0 Å². The molecule has 1 amide bonds. The summed E-state index contributed by atoms with van der Waals surface area (Å²) in [6.45, 7) is 0.976. The Balaban J connectivity index is 1.35. The summed E-state index contributed by atoms with van der Waals surface area (Å²) >= 11 is 1.40. The molecule has 0 aliphatic carbocycles. The number of amides is 1. The first-order valence-corrected chi connectivity index (χ1v) is 10.9. The first-order chi connectivity index (χ1) is 15.1. The van der Waals surface area contributed by atoms with E-state index in [2.05, 4.69) is 10.3 Å². The van der Waals surface area contributed by atoms with Gasteiger partial charge in [0.05, 0.1) is 24.4 Å². The molecule has 3 rings (SSSR count). The van der Waals surface area contributed by atoms with Gasteiger partial charge in [-0.2, -0.15) is 0 Å². The summed E-state index contributed by atoms with van der Waals surface area (Å²) in [5.41, 5.74) is 1.51. The number of nitrogens with zero attached hydrogens (tertiary/aromatic N) is 2. The number of para-hydroxylation sites is 1. The number of carbonyl (C=O) groups is 1. The van der Waals surface area contributed by atoms with Crippen LogP contribution in [0.1, 0.15) is 12.0 Å². The smallest absolute Gasteiger partial charge is 0.311 e. The Bertz CT molecular complexity index is 1060. The molecule has 0 aliphatic rings. The highest BCUT2D eigenvalue weighted by Crippen LogP contribution is 2.29. The van der Waals surface area contributed by atoms with Crippen molar-refractivity contribution < 1.29 is 19.2 Å². The van der Waals surface area contributed by atoms with Gasteiger partial charge in [0.15, 0.2) is 5.75 Å². The highest BCUT2D eigenvalue weighted by atomic mass is 32.2. The van der Waals surface area contributed by atoms with Gasteiger partial charge in [-0.15, -0.1) is 11.8 Å². The highest BCUT2D eigenvalue weighted by Gasteiger charge is 2.15. The molecule has 0 saturated heterocycles. The van der Waals surface area contributed by atoms with Crippen LogP contribution in [0.15, 0.2) is 54.7 Å². The highest BCUT2D eigenvalue weighted by molar-refractivity contribution is 7.99. The van der Waals surface area contributed by atoms with Crippen molar-refractivity contribution in [1.82, 2.24) is 10.3 Å². The van der Waals surface area contributed by atoms with Crippen molar-refractivity contribution >= 4 is 34.3 Å². The maximum atomic E-state index is 12.0. The first-order valence-electron chi connectivity index (χ1n) is 9.71. The summed E-state index contributed by atoms with van der Waals surface area (Å²) in [6.07, 6.45) is 2.40. The van der Waals surface area contributed by atoms with Crippen molar-refractivity contribution in [2.24, 2.45) is 0 Å². The Hall–Kier alpha value is -3.33. The number of hydrogen-bond donors (Lipinski definition) is 1. The van der Waals surface area contributed by atoms with Gasteiger partial charge in [-0.05, 0) is 30.2 Å². The third-order valence-electron chi connectivity index (χ3n) is 4.44. The maximum Gasteiger partial charge on any atom is 0.311 e. The molecule has 0 spiro atoms. The molecule has 2 aromatic carbocycles. The fraction of sp³-hybridized carbons (Fsp3) is 0.273. The molecule has 0 fully saturated rings. The number of carbonyl (C=O) groups excluding carboxylic acids is 1. The molecule has 1 aromatic heterocycles. The Kier molecular flexibility index (Phi) is 8.05. The van der Waals surface area contributed by atoms with Crippen LogP contribution in [0.3, 0.4) is 0 Å². The summed E-state index contributed by atoms with van der Waals surface area (Å²) in [5.74, 6) is 1.63. The van der Waals surface area contributed by atoms with Gasteiger partial charge in [-0.25, -0.2) is 0 Å². The van der Waals surface area contributed by atoms with Gasteiger partial charge in [0, 0.05) is 29.9 Å². The zero-order valence-electron chi connectivity index (χ0n) is 17.1. The predicted molar refractivity (Wildman–Crippen MR) is 121 cm³/mol. The lowest BCUT2D eigenvalue weighted by Gasteiger charge is -2.09. The van der Waals surface area contributed by atoms with Crippen LogP contribution in [0.25, 0.3) is 10.9 Å². The lowest BCUT2D eigenvalue weighted by molar-refractivity contribution is -0.385. The molecule has 8 nitrogen and oxygen atoms in total. The van der Waals surface area contributed by atoms with Crippen molar-refractivity contribution in [3.8, 4) is 11.5 Å². The third-order valence-corrected chi connectivity index (χ3v) is 5.44. The number of hydrogen-bond acceptors (Lipinski definition) is 7. The lowest BCUT2D eigenvalue weighted by Crippen LogP contribution is -2.27. The number of aromatic nitrogens is 1. The zero-order valence-corrected chi connectivity index (χ0v) is 17.9. The third kappa shape index (κ3) is 6.32. The molecule has 31 heavy (non-hydrogen) atoms. The second-order valence-corrected chi connectivity index (χ2v) is 7.62. The molecule has 0 aliphatic heterocycles. The normalized spacial score (nSPS) is 10.6. The average Bonchev–Trinajstić information content (AvgIpc) is 2.78. The molecule has 1 heterocycles. The molecule has 1 N–H and O–H groups in total. The van der Waals surface area contributed by atoms with E-state index in [0.717, 1.165) is 22.2 Å². The Morgan fingerprint density at radius 2 is 2.03 bits per heavy atom. The van der Waals surface area contributed by atoms with E-state index in [1.807, 2.05) is 30.3 Å². The maximum absolute atomic E-state index is 12.0. The number of fused-ring (bicyclic) bond motifs is 1. The van der Waals surface area contributed by atoms with Gasteiger partial charge in [-0.1, -0.05) is 24.3 Å². The van der Waals surface area contributed by atoms with E-state index in [1.54, 1.807) is 18.3 Å². The number of benzene rings is 2. The van der Waals surface area contributed by atoms with Gasteiger partial charge in [0.1, 0.15) is 11.3 Å². The quantitative estimate of drug-likeness (QED) is 0.273. The topological polar surface area (TPSA) is 104 Å².